The van der Waals surface area contributed by atoms with Gasteiger partial charge >= 0.3 is 0 Å². The first-order valence-corrected chi connectivity index (χ1v) is 5.61. The van der Waals surface area contributed by atoms with E-state index in [2.05, 4.69) is 40.9 Å². The van der Waals surface area contributed by atoms with E-state index in [0.717, 1.165) is 31.3 Å². The van der Waals surface area contributed by atoms with Gasteiger partial charge in [-0.1, -0.05) is 6.92 Å². The molecular formula is C10H21N5. The van der Waals surface area contributed by atoms with Crippen molar-refractivity contribution in [2.24, 2.45) is 5.73 Å². The molecule has 3 N–H and O–H groups in total. The van der Waals surface area contributed by atoms with Crippen LogP contribution in [0.15, 0.2) is 0 Å². The summed E-state index contributed by atoms with van der Waals surface area (Å²) in [6, 6.07) is 0. The zero-order valence-electron chi connectivity index (χ0n) is 9.82. The second kappa shape index (κ2) is 5.70. The molecule has 0 aromatic carbocycles. The Bertz CT molecular complexity index is 294. The van der Waals surface area contributed by atoms with E-state index in [9.17, 15) is 0 Å². The van der Waals surface area contributed by atoms with Crippen LogP contribution >= 0.6 is 0 Å². The number of hydrogen-bond acceptors (Lipinski definition) is 4. The first-order chi connectivity index (χ1) is 7.24. The van der Waals surface area contributed by atoms with Crippen LogP contribution in [0.4, 0.5) is 5.95 Å². The topological polar surface area (TPSA) is 68.8 Å². The van der Waals surface area contributed by atoms with Crippen LogP contribution in [0, 0.1) is 0 Å². The predicted molar refractivity (Wildman–Crippen MR) is 61.9 cm³/mol. The van der Waals surface area contributed by atoms with Crippen LogP contribution in [0.2, 0.25) is 0 Å². The number of nitrogens with one attached hydrogen (secondary N) is 1. The molecule has 1 aromatic rings. The fraction of sp³-hybridized carbons (Fsp3) is 0.800. The number of nitrogens with two attached hydrogens (primary N) is 1. The van der Waals surface area contributed by atoms with E-state index in [0.29, 0.717) is 12.5 Å². The Balaban J connectivity index is 2.87. The number of anilines is 1. The molecule has 0 aliphatic rings. The zero-order valence-corrected chi connectivity index (χ0v) is 9.82. The second-order valence-electron chi connectivity index (χ2n) is 3.63. The quantitative estimate of drug-likeness (QED) is 0.741. The number of hydrogen-bond donors (Lipinski definition) is 2. The average molecular weight is 211 g/mol. The molecule has 1 atom stereocenters. The summed E-state index contributed by atoms with van der Waals surface area (Å²) in [5.41, 5.74) is 5.55. The van der Waals surface area contributed by atoms with E-state index in [1.165, 1.54) is 0 Å². The monoisotopic (exact) mass is 211 g/mol. The smallest absolute Gasteiger partial charge is 0.224 e. The van der Waals surface area contributed by atoms with Crippen molar-refractivity contribution in [1.82, 2.24) is 14.8 Å². The maximum absolute atomic E-state index is 5.55. The predicted octanol–water partition coefficient (Wildman–Crippen LogP) is 1.18. The summed E-state index contributed by atoms with van der Waals surface area (Å²) >= 11 is 0. The Morgan fingerprint density at radius 3 is 2.67 bits per heavy atom. The minimum absolute atomic E-state index is 0.370. The molecule has 1 aromatic heterocycles. The van der Waals surface area contributed by atoms with Crippen LogP contribution in [0.25, 0.3) is 0 Å². The Labute approximate surface area is 91.1 Å². The van der Waals surface area contributed by atoms with Gasteiger partial charge in [0, 0.05) is 19.0 Å². The van der Waals surface area contributed by atoms with Crippen molar-refractivity contribution in [1.29, 1.82) is 0 Å². The summed E-state index contributed by atoms with van der Waals surface area (Å²) in [6.45, 7) is 8.73. The highest BCUT2D eigenvalue weighted by atomic mass is 15.3. The van der Waals surface area contributed by atoms with E-state index < -0.39 is 0 Å². The van der Waals surface area contributed by atoms with Crippen molar-refractivity contribution in [3.8, 4) is 0 Å². The van der Waals surface area contributed by atoms with Crippen molar-refractivity contribution in [3.05, 3.63) is 5.82 Å². The lowest BCUT2D eigenvalue weighted by Crippen LogP contribution is -2.12. The van der Waals surface area contributed by atoms with Crippen LogP contribution in [0.5, 0.6) is 0 Å². The average Bonchev–Trinajstić information content (AvgIpc) is 2.62. The molecule has 0 radical (unpaired) electrons. The summed E-state index contributed by atoms with van der Waals surface area (Å²) in [6.07, 6.45) is 0.949. The van der Waals surface area contributed by atoms with E-state index in [1.807, 2.05) is 0 Å². The van der Waals surface area contributed by atoms with Gasteiger partial charge < -0.3 is 11.1 Å². The maximum Gasteiger partial charge on any atom is 0.224 e. The molecule has 0 saturated carbocycles. The number of nitrogens with zero attached hydrogens (tertiary/aromatic N) is 3. The van der Waals surface area contributed by atoms with Crippen molar-refractivity contribution in [2.75, 3.05) is 18.4 Å². The molecular weight excluding hydrogens is 190 g/mol. The second-order valence-corrected chi connectivity index (χ2v) is 3.63. The van der Waals surface area contributed by atoms with Crippen molar-refractivity contribution < 1.29 is 0 Å². The van der Waals surface area contributed by atoms with E-state index in [-0.39, 0.29) is 0 Å². The lowest BCUT2D eigenvalue weighted by Gasteiger charge is -2.12. The van der Waals surface area contributed by atoms with Gasteiger partial charge in [0.05, 0.1) is 0 Å². The molecule has 0 bridgehead atoms. The van der Waals surface area contributed by atoms with Crippen LogP contribution in [-0.2, 0) is 6.54 Å². The van der Waals surface area contributed by atoms with E-state index >= 15 is 0 Å². The van der Waals surface area contributed by atoms with Crippen molar-refractivity contribution >= 4 is 5.95 Å². The van der Waals surface area contributed by atoms with Gasteiger partial charge in [0.1, 0.15) is 5.82 Å². The van der Waals surface area contributed by atoms with Gasteiger partial charge in [-0.05, 0) is 26.8 Å². The first kappa shape index (κ1) is 12.0. The van der Waals surface area contributed by atoms with Gasteiger partial charge in [0.2, 0.25) is 5.95 Å². The van der Waals surface area contributed by atoms with Crippen LogP contribution in [-0.4, -0.2) is 27.9 Å². The van der Waals surface area contributed by atoms with Gasteiger partial charge in [-0.15, -0.1) is 10.2 Å². The van der Waals surface area contributed by atoms with Crippen LogP contribution < -0.4 is 11.1 Å². The third kappa shape index (κ3) is 2.68. The number of rotatable bonds is 6. The molecule has 1 rings (SSSR count). The standard InChI is InChI=1S/C10H21N5/c1-4-12-10-14-13-9(15(10)5-2)8(3)6-7-11/h8H,4-7,11H2,1-3H3,(H,12,14). The third-order valence-corrected chi connectivity index (χ3v) is 2.47. The lowest BCUT2D eigenvalue weighted by atomic mass is 10.1. The summed E-state index contributed by atoms with van der Waals surface area (Å²) in [7, 11) is 0. The molecule has 5 nitrogen and oxygen atoms in total. The van der Waals surface area contributed by atoms with Gasteiger partial charge in [-0.2, -0.15) is 0 Å². The fourth-order valence-corrected chi connectivity index (χ4v) is 1.66. The fourth-order valence-electron chi connectivity index (χ4n) is 1.66. The molecule has 0 aliphatic heterocycles. The molecule has 1 unspecified atom stereocenters. The Hall–Kier alpha value is -1.10. The van der Waals surface area contributed by atoms with Gasteiger partial charge in [0.25, 0.3) is 0 Å². The summed E-state index contributed by atoms with van der Waals surface area (Å²) < 4.78 is 2.11. The summed E-state index contributed by atoms with van der Waals surface area (Å²) in [4.78, 5) is 0. The number of aromatic nitrogens is 3. The molecule has 1 heterocycles. The Morgan fingerprint density at radius 2 is 2.13 bits per heavy atom. The third-order valence-electron chi connectivity index (χ3n) is 2.47. The largest absolute Gasteiger partial charge is 0.355 e. The first-order valence-electron chi connectivity index (χ1n) is 5.61. The minimum atomic E-state index is 0.370. The van der Waals surface area contributed by atoms with Crippen molar-refractivity contribution in [3.63, 3.8) is 0 Å². The molecule has 86 valence electrons. The SMILES string of the molecule is CCNc1nnc(C(C)CCN)n1CC. The minimum Gasteiger partial charge on any atom is -0.355 e. The molecule has 0 spiro atoms. The molecule has 15 heavy (non-hydrogen) atoms. The highest BCUT2D eigenvalue weighted by Gasteiger charge is 2.15. The Kier molecular flexibility index (Phi) is 4.55. The zero-order chi connectivity index (χ0) is 11.3. The van der Waals surface area contributed by atoms with Crippen LogP contribution in [0.1, 0.15) is 38.9 Å². The van der Waals surface area contributed by atoms with Crippen molar-refractivity contribution in [2.45, 2.75) is 39.7 Å². The normalized spacial score (nSPS) is 12.8. The molecule has 0 saturated heterocycles. The molecule has 0 amide bonds. The molecule has 0 fully saturated rings. The van der Waals surface area contributed by atoms with E-state index in [1.54, 1.807) is 0 Å². The van der Waals surface area contributed by atoms with Crippen LogP contribution in [0.3, 0.4) is 0 Å². The molecule has 0 aliphatic carbocycles. The summed E-state index contributed by atoms with van der Waals surface area (Å²) in [5.74, 6) is 2.26. The van der Waals surface area contributed by atoms with Gasteiger partial charge in [-0.3, -0.25) is 4.57 Å². The molecule has 5 heteroatoms. The Morgan fingerprint density at radius 1 is 1.40 bits per heavy atom. The van der Waals surface area contributed by atoms with Gasteiger partial charge in [0.15, 0.2) is 0 Å². The van der Waals surface area contributed by atoms with Gasteiger partial charge in [-0.25, -0.2) is 0 Å². The van der Waals surface area contributed by atoms with E-state index in [4.69, 9.17) is 5.73 Å². The highest BCUT2D eigenvalue weighted by Crippen LogP contribution is 2.19. The maximum atomic E-state index is 5.55. The summed E-state index contributed by atoms with van der Waals surface area (Å²) in [5, 5.41) is 11.6. The highest BCUT2D eigenvalue weighted by molar-refractivity contribution is 5.26. The lowest BCUT2D eigenvalue weighted by molar-refractivity contribution is 0.592.